The number of hydrogen-bond acceptors (Lipinski definition) is 5. The minimum Gasteiger partial charge on any atom is -0.475 e. The molecule has 19 heavy (non-hydrogen) atoms. The van der Waals surface area contributed by atoms with E-state index >= 15 is 0 Å². The normalized spacial score (nSPS) is 24.1. The lowest BCUT2D eigenvalue weighted by Crippen LogP contribution is -2.48. The molecular formula is C12H17N3O4. The largest absolute Gasteiger partial charge is 0.475 e. The van der Waals surface area contributed by atoms with Crippen LogP contribution in [0.3, 0.4) is 0 Å². The van der Waals surface area contributed by atoms with E-state index in [0.29, 0.717) is 5.92 Å². The molecule has 1 aromatic rings. The molecule has 0 bridgehead atoms. The van der Waals surface area contributed by atoms with E-state index in [0.717, 1.165) is 25.6 Å². The minimum absolute atomic E-state index is 0.00327. The molecule has 0 spiro atoms. The summed E-state index contributed by atoms with van der Waals surface area (Å²) in [7, 11) is 2.05. The topological polar surface area (TPSA) is 95.7 Å². The first-order valence-corrected chi connectivity index (χ1v) is 6.17. The van der Waals surface area contributed by atoms with Crippen molar-refractivity contribution in [3.8, 4) is 0 Å². The Morgan fingerprint density at radius 2 is 2.32 bits per heavy atom. The molecule has 7 nitrogen and oxygen atoms in total. The van der Waals surface area contributed by atoms with Gasteiger partial charge >= 0.3 is 5.97 Å². The van der Waals surface area contributed by atoms with Gasteiger partial charge in [-0.3, -0.25) is 4.79 Å². The fraction of sp³-hybridized carbons (Fsp3) is 0.583. The number of carbonyl (C=O) groups is 2. The zero-order chi connectivity index (χ0) is 14.0. The maximum absolute atomic E-state index is 11.9. The Morgan fingerprint density at radius 3 is 2.89 bits per heavy atom. The highest BCUT2D eigenvalue weighted by molar-refractivity contribution is 5.94. The van der Waals surface area contributed by atoms with Crippen molar-refractivity contribution < 1.29 is 19.2 Å². The van der Waals surface area contributed by atoms with Crippen LogP contribution in [0.2, 0.25) is 0 Å². The van der Waals surface area contributed by atoms with Crippen LogP contribution >= 0.6 is 0 Å². The van der Waals surface area contributed by atoms with Crippen LogP contribution in [0.25, 0.3) is 0 Å². The Labute approximate surface area is 110 Å². The molecule has 2 heterocycles. The maximum atomic E-state index is 11.9. The van der Waals surface area contributed by atoms with E-state index < -0.39 is 11.9 Å². The summed E-state index contributed by atoms with van der Waals surface area (Å²) in [6.45, 7) is 3.92. The quantitative estimate of drug-likeness (QED) is 0.825. The van der Waals surface area contributed by atoms with Gasteiger partial charge in [-0.05, 0) is 25.9 Å². The molecule has 0 radical (unpaired) electrons. The minimum atomic E-state index is -1.24. The van der Waals surface area contributed by atoms with Gasteiger partial charge in [-0.1, -0.05) is 12.1 Å². The Bertz CT molecular complexity index is 485. The van der Waals surface area contributed by atoms with Gasteiger partial charge in [0.05, 0.1) is 0 Å². The van der Waals surface area contributed by atoms with Crippen molar-refractivity contribution in [3.63, 3.8) is 0 Å². The molecule has 1 saturated heterocycles. The van der Waals surface area contributed by atoms with Crippen molar-refractivity contribution in [3.05, 3.63) is 17.5 Å². The molecule has 1 amide bonds. The van der Waals surface area contributed by atoms with Crippen LogP contribution in [0, 0.1) is 5.92 Å². The first-order chi connectivity index (χ1) is 8.97. The molecular weight excluding hydrogens is 250 g/mol. The summed E-state index contributed by atoms with van der Waals surface area (Å²) < 4.78 is 4.56. The third-order valence-electron chi connectivity index (χ3n) is 3.38. The van der Waals surface area contributed by atoms with Gasteiger partial charge < -0.3 is 19.8 Å². The van der Waals surface area contributed by atoms with Gasteiger partial charge in [0.25, 0.3) is 5.91 Å². The van der Waals surface area contributed by atoms with Crippen LogP contribution in [-0.2, 0) is 0 Å². The van der Waals surface area contributed by atoms with Crippen LogP contribution in [0.4, 0.5) is 0 Å². The molecule has 7 heteroatoms. The Balaban J connectivity index is 1.98. The Hall–Kier alpha value is -1.89. The number of carboxylic acids is 1. The van der Waals surface area contributed by atoms with Gasteiger partial charge in [0.1, 0.15) is 0 Å². The number of likely N-dealkylation sites (tertiary alicyclic amines) is 1. The number of aromatic carboxylic acids is 1. The molecule has 104 valence electrons. The molecule has 2 unspecified atom stereocenters. The fourth-order valence-corrected chi connectivity index (χ4v) is 2.29. The molecule has 2 N–H and O–H groups in total. The van der Waals surface area contributed by atoms with Crippen molar-refractivity contribution in [1.82, 2.24) is 15.4 Å². The highest BCUT2D eigenvalue weighted by Gasteiger charge is 2.27. The molecule has 1 aliphatic rings. The summed E-state index contributed by atoms with van der Waals surface area (Å²) in [6, 6.07) is 1.21. The molecule has 2 rings (SSSR count). The lowest BCUT2D eigenvalue weighted by molar-refractivity contribution is 0.0650. The average Bonchev–Trinajstić information content (AvgIpc) is 2.82. The molecule has 2 atom stereocenters. The summed E-state index contributed by atoms with van der Waals surface area (Å²) in [5.41, 5.74) is 0.00327. The first kappa shape index (κ1) is 13.5. The SMILES string of the molecule is CC1CN(C)CCC1NC(=O)c1cc(C(=O)O)on1. The fourth-order valence-electron chi connectivity index (χ4n) is 2.29. The summed E-state index contributed by atoms with van der Waals surface area (Å²) in [6.07, 6.45) is 0.868. The average molecular weight is 267 g/mol. The number of carboxylic acid groups (broad SMARTS) is 1. The van der Waals surface area contributed by atoms with Gasteiger partial charge in [0, 0.05) is 18.7 Å². The lowest BCUT2D eigenvalue weighted by atomic mass is 9.94. The first-order valence-electron chi connectivity index (χ1n) is 6.17. The van der Waals surface area contributed by atoms with Gasteiger partial charge in [-0.15, -0.1) is 0 Å². The van der Waals surface area contributed by atoms with Crippen molar-refractivity contribution in [2.75, 3.05) is 20.1 Å². The monoisotopic (exact) mass is 267 g/mol. The second kappa shape index (κ2) is 5.40. The van der Waals surface area contributed by atoms with Gasteiger partial charge in [0.2, 0.25) is 5.76 Å². The zero-order valence-electron chi connectivity index (χ0n) is 10.9. The zero-order valence-corrected chi connectivity index (χ0v) is 10.9. The predicted octanol–water partition coefficient (Wildman–Crippen LogP) is 0.443. The number of rotatable bonds is 3. The molecule has 0 aliphatic carbocycles. The van der Waals surface area contributed by atoms with Crippen molar-refractivity contribution >= 4 is 11.9 Å². The van der Waals surface area contributed by atoms with Crippen molar-refractivity contribution in [1.29, 1.82) is 0 Å². The number of nitrogens with zero attached hydrogens (tertiary/aromatic N) is 2. The van der Waals surface area contributed by atoms with Crippen molar-refractivity contribution in [2.24, 2.45) is 5.92 Å². The molecule has 1 fully saturated rings. The van der Waals surface area contributed by atoms with E-state index in [4.69, 9.17) is 5.11 Å². The number of nitrogens with one attached hydrogen (secondary N) is 1. The van der Waals surface area contributed by atoms with E-state index in [9.17, 15) is 9.59 Å². The van der Waals surface area contributed by atoms with Gasteiger partial charge in [-0.25, -0.2) is 4.79 Å². The maximum Gasteiger partial charge on any atom is 0.374 e. The molecule has 1 aromatic heterocycles. The molecule has 0 aromatic carbocycles. The Kier molecular flexibility index (Phi) is 3.84. The number of hydrogen-bond donors (Lipinski definition) is 2. The van der Waals surface area contributed by atoms with E-state index in [1.807, 2.05) is 7.05 Å². The standard InChI is InChI=1S/C12H17N3O4/c1-7-6-15(2)4-3-8(7)13-11(16)9-5-10(12(17)18)19-14-9/h5,7-8H,3-4,6H2,1-2H3,(H,13,16)(H,17,18). The third kappa shape index (κ3) is 3.11. The molecule has 0 saturated carbocycles. The van der Waals surface area contributed by atoms with E-state index in [-0.39, 0.29) is 17.5 Å². The summed E-state index contributed by atoms with van der Waals surface area (Å²) in [4.78, 5) is 24.8. The second-order valence-electron chi connectivity index (χ2n) is 4.99. The highest BCUT2D eigenvalue weighted by atomic mass is 16.5. The van der Waals surface area contributed by atoms with E-state index in [1.54, 1.807) is 0 Å². The van der Waals surface area contributed by atoms with E-state index in [1.165, 1.54) is 0 Å². The van der Waals surface area contributed by atoms with E-state index in [2.05, 4.69) is 26.8 Å². The van der Waals surface area contributed by atoms with Gasteiger partial charge in [0.15, 0.2) is 5.69 Å². The van der Waals surface area contributed by atoms with Crippen LogP contribution in [0.15, 0.2) is 10.6 Å². The van der Waals surface area contributed by atoms with Crippen LogP contribution < -0.4 is 5.32 Å². The Morgan fingerprint density at radius 1 is 1.58 bits per heavy atom. The summed E-state index contributed by atoms with van der Waals surface area (Å²) in [5.74, 6) is -1.62. The number of aromatic nitrogens is 1. The van der Waals surface area contributed by atoms with Gasteiger partial charge in [-0.2, -0.15) is 0 Å². The number of piperidine rings is 1. The number of amides is 1. The molecule has 1 aliphatic heterocycles. The van der Waals surface area contributed by atoms with Crippen LogP contribution in [0.1, 0.15) is 34.4 Å². The van der Waals surface area contributed by atoms with Crippen molar-refractivity contribution in [2.45, 2.75) is 19.4 Å². The predicted molar refractivity (Wildman–Crippen MR) is 66.0 cm³/mol. The lowest BCUT2D eigenvalue weighted by Gasteiger charge is -2.34. The third-order valence-corrected chi connectivity index (χ3v) is 3.38. The smallest absolute Gasteiger partial charge is 0.374 e. The van der Waals surface area contributed by atoms with Crippen LogP contribution in [-0.4, -0.2) is 53.2 Å². The summed E-state index contributed by atoms with van der Waals surface area (Å²) in [5, 5.41) is 15.0. The highest BCUT2D eigenvalue weighted by Crippen LogP contribution is 2.16. The second-order valence-corrected chi connectivity index (χ2v) is 4.99. The summed E-state index contributed by atoms with van der Waals surface area (Å²) >= 11 is 0. The van der Waals surface area contributed by atoms with Crippen LogP contribution in [0.5, 0.6) is 0 Å². The number of carbonyl (C=O) groups excluding carboxylic acids is 1.